The molecule has 24 heavy (non-hydrogen) atoms. The molecule has 3 aromatic rings. The van der Waals surface area contributed by atoms with Crippen LogP contribution in [-0.2, 0) is 0 Å². The Labute approximate surface area is 139 Å². The second kappa shape index (κ2) is 5.27. The van der Waals surface area contributed by atoms with E-state index in [4.69, 9.17) is 14.2 Å². The Balaban J connectivity index is 2.26. The summed E-state index contributed by atoms with van der Waals surface area (Å²) in [5, 5.41) is 1.61. The van der Waals surface area contributed by atoms with Crippen molar-refractivity contribution in [2.75, 3.05) is 21.3 Å². The Morgan fingerprint density at radius 1 is 0.708 bits per heavy atom. The quantitative estimate of drug-likeness (QED) is 0.533. The fraction of sp³-hybridized carbons (Fsp3) is 0.150. The van der Waals surface area contributed by atoms with Gasteiger partial charge in [0, 0.05) is 16.5 Å². The van der Waals surface area contributed by atoms with Crippen LogP contribution in [0.1, 0.15) is 15.9 Å². The van der Waals surface area contributed by atoms with Gasteiger partial charge in [0.15, 0.2) is 5.78 Å². The standard InChI is InChI=1S/C20H16O4/c1-22-14-10-6-9-13-15(14)20(24-3)17-16(19(13)23-2)11-7-4-5-8-12(11)18(17)21/h4-10H,1-3H3/i18+1. The van der Waals surface area contributed by atoms with Crippen molar-refractivity contribution in [2.24, 2.45) is 0 Å². The SMILES string of the molecule is COc1c2c(c(OC)c3c(OC)cccc13)[13C](=O)c1ccccc1-2. The summed E-state index contributed by atoms with van der Waals surface area (Å²) in [4.78, 5) is 13.0. The summed E-state index contributed by atoms with van der Waals surface area (Å²) < 4.78 is 16.9. The van der Waals surface area contributed by atoms with E-state index in [9.17, 15) is 4.79 Å². The van der Waals surface area contributed by atoms with Crippen molar-refractivity contribution in [3.05, 3.63) is 53.6 Å². The van der Waals surface area contributed by atoms with Crippen molar-refractivity contribution in [1.29, 1.82) is 0 Å². The van der Waals surface area contributed by atoms with Gasteiger partial charge in [0.1, 0.15) is 17.2 Å². The summed E-state index contributed by atoms with van der Waals surface area (Å²) in [6.07, 6.45) is 0. The normalized spacial score (nSPS) is 12.0. The number of hydrogen-bond donors (Lipinski definition) is 0. The number of methoxy groups -OCH3 is 3. The van der Waals surface area contributed by atoms with Crippen molar-refractivity contribution in [3.8, 4) is 28.4 Å². The molecule has 0 atom stereocenters. The van der Waals surface area contributed by atoms with E-state index in [1.807, 2.05) is 42.5 Å². The first-order valence-corrected chi connectivity index (χ1v) is 7.61. The molecule has 0 saturated carbocycles. The van der Waals surface area contributed by atoms with Gasteiger partial charge in [-0.2, -0.15) is 0 Å². The van der Waals surface area contributed by atoms with Crippen LogP contribution in [0.4, 0.5) is 0 Å². The van der Waals surface area contributed by atoms with Gasteiger partial charge in [-0.05, 0) is 11.6 Å². The second-order valence-electron chi connectivity index (χ2n) is 5.57. The Morgan fingerprint density at radius 2 is 1.42 bits per heavy atom. The van der Waals surface area contributed by atoms with Gasteiger partial charge in [-0.25, -0.2) is 0 Å². The van der Waals surface area contributed by atoms with Crippen LogP contribution >= 0.6 is 0 Å². The van der Waals surface area contributed by atoms with Crippen LogP contribution in [0, 0.1) is 0 Å². The van der Waals surface area contributed by atoms with E-state index in [-0.39, 0.29) is 5.78 Å². The van der Waals surface area contributed by atoms with Crippen molar-refractivity contribution in [3.63, 3.8) is 0 Å². The molecule has 120 valence electrons. The molecule has 0 heterocycles. The van der Waals surface area contributed by atoms with E-state index in [2.05, 4.69) is 0 Å². The number of fused-ring (bicyclic) bond motifs is 4. The first-order chi connectivity index (χ1) is 11.7. The maximum atomic E-state index is 13.0. The Kier molecular flexibility index (Phi) is 3.20. The number of benzene rings is 3. The Bertz CT molecular complexity index is 989. The van der Waals surface area contributed by atoms with Gasteiger partial charge in [0.25, 0.3) is 0 Å². The summed E-state index contributed by atoms with van der Waals surface area (Å²) >= 11 is 0. The van der Waals surface area contributed by atoms with Crippen LogP contribution < -0.4 is 14.2 Å². The minimum atomic E-state index is -0.0523. The van der Waals surface area contributed by atoms with Crippen LogP contribution in [0.3, 0.4) is 0 Å². The molecule has 0 bridgehead atoms. The molecule has 0 aromatic heterocycles. The van der Waals surface area contributed by atoms with Gasteiger partial charge in [0.05, 0.1) is 32.3 Å². The molecule has 4 heteroatoms. The highest BCUT2D eigenvalue weighted by Crippen LogP contribution is 2.53. The first kappa shape index (κ1) is 14.6. The lowest BCUT2D eigenvalue weighted by Gasteiger charge is -2.17. The van der Waals surface area contributed by atoms with Crippen molar-refractivity contribution >= 4 is 16.6 Å². The van der Waals surface area contributed by atoms with E-state index in [1.54, 1.807) is 21.3 Å². The molecule has 0 spiro atoms. The lowest BCUT2D eigenvalue weighted by Crippen LogP contribution is -2.02. The van der Waals surface area contributed by atoms with Crippen LogP contribution in [0.5, 0.6) is 17.2 Å². The maximum absolute atomic E-state index is 13.0. The lowest BCUT2D eigenvalue weighted by molar-refractivity contribution is 0.104. The fourth-order valence-corrected chi connectivity index (χ4v) is 3.53. The summed E-state index contributed by atoms with van der Waals surface area (Å²) in [5.74, 6) is 1.79. The lowest BCUT2D eigenvalue weighted by atomic mass is 9.97. The smallest absolute Gasteiger partial charge is 0.198 e. The monoisotopic (exact) mass is 321 g/mol. The average molecular weight is 321 g/mol. The zero-order chi connectivity index (χ0) is 16.8. The molecule has 4 rings (SSSR count). The Hall–Kier alpha value is -3.01. The summed E-state index contributed by atoms with van der Waals surface area (Å²) in [5.41, 5.74) is 2.86. The fourth-order valence-electron chi connectivity index (χ4n) is 3.53. The molecule has 1 aliphatic carbocycles. The summed E-state index contributed by atoms with van der Waals surface area (Å²) in [6.45, 7) is 0. The highest BCUT2D eigenvalue weighted by Gasteiger charge is 2.35. The Morgan fingerprint density at radius 3 is 2.08 bits per heavy atom. The number of ether oxygens (including phenoxy) is 3. The third-order valence-corrected chi connectivity index (χ3v) is 4.50. The van der Waals surface area contributed by atoms with E-state index in [0.29, 0.717) is 28.4 Å². The van der Waals surface area contributed by atoms with Gasteiger partial charge in [-0.3, -0.25) is 4.79 Å². The van der Waals surface area contributed by atoms with Crippen molar-refractivity contribution in [2.45, 2.75) is 0 Å². The molecular weight excluding hydrogens is 305 g/mol. The van der Waals surface area contributed by atoms with Crippen LogP contribution in [0.2, 0.25) is 0 Å². The predicted octanol–water partition coefficient (Wildman–Crippen LogP) is 4.08. The van der Waals surface area contributed by atoms with Gasteiger partial charge < -0.3 is 14.2 Å². The van der Waals surface area contributed by atoms with E-state index in [1.165, 1.54) is 0 Å². The molecular formula is C20H16O4. The van der Waals surface area contributed by atoms with Gasteiger partial charge in [-0.1, -0.05) is 36.4 Å². The minimum Gasteiger partial charge on any atom is -0.496 e. The van der Waals surface area contributed by atoms with E-state index >= 15 is 0 Å². The van der Waals surface area contributed by atoms with Gasteiger partial charge >= 0.3 is 0 Å². The molecule has 3 aromatic carbocycles. The molecule has 0 fully saturated rings. The topological polar surface area (TPSA) is 44.8 Å². The number of ketones is 1. The average Bonchev–Trinajstić information content (AvgIpc) is 2.92. The van der Waals surface area contributed by atoms with E-state index < -0.39 is 0 Å². The molecule has 0 saturated heterocycles. The highest BCUT2D eigenvalue weighted by atomic mass is 16.5. The van der Waals surface area contributed by atoms with Crippen LogP contribution in [0.15, 0.2) is 42.5 Å². The third-order valence-electron chi connectivity index (χ3n) is 4.50. The zero-order valence-electron chi connectivity index (χ0n) is 13.7. The van der Waals surface area contributed by atoms with Gasteiger partial charge in [0.2, 0.25) is 0 Å². The number of hydrogen-bond acceptors (Lipinski definition) is 4. The van der Waals surface area contributed by atoms with Crippen molar-refractivity contribution < 1.29 is 19.0 Å². The van der Waals surface area contributed by atoms with Crippen LogP contribution in [0.25, 0.3) is 21.9 Å². The largest absolute Gasteiger partial charge is 0.496 e. The van der Waals surface area contributed by atoms with Crippen molar-refractivity contribution in [1.82, 2.24) is 0 Å². The second-order valence-corrected chi connectivity index (χ2v) is 5.57. The molecule has 4 nitrogen and oxygen atoms in total. The number of carbonyl (C=O) groups is 1. The molecule has 1 aliphatic rings. The number of rotatable bonds is 3. The summed E-state index contributed by atoms with van der Waals surface area (Å²) in [6, 6.07) is 13.3. The molecule has 0 unspecified atom stereocenters. The molecule has 0 radical (unpaired) electrons. The zero-order valence-corrected chi connectivity index (χ0v) is 13.7. The minimum absolute atomic E-state index is 0.0523. The number of carbonyl (C=O) groups excluding carboxylic acids is 1. The van der Waals surface area contributed by atoms with Crippen LogP contribution in [-0.4, -0.2) is 27.1 Å². The summed E-state index contributed by atoms with van der Waals surface area (Å²) in [7, 11) is 4.79. The van der Waals surface area contributed by atoms with Gasteiger partial charge in [-0.15, -0.1) is 0 Å². The maximum Gasteiger partial charge on any atom is 0.198 e. The highest BCUT2D eigenvalue weighted by molar-refractivity contribution is 6.27. The predicted molar refractivity (Wildman–Crippen MR) is 92.5 cm³/mol. The van der Waals surface area contributed by atoms with E-state index in [0.717, 1.165) is 21.9 Å². The first-order valence-electron chi connectivity index (χ1n) is 7.61. The molecule has 0 amide bonds. The third kappa shape index (κ3) is 1.71. The molecule has 0 N–H and O–H groups in total. The molecule has 0 aliphatic heterocycles.